The van der Waals surface area contributed by atoms with Gasteiger partial charge in [0, 0.05) is 56.6 Å². The fraction of sp³-hybridized carbons (Fsp3) is 0.440. The number of aromatic nitrogens is 1. The summed E-state index contributed by atoms with van der Waals surface area (Å²) in [6.45, 7) is 9.39. The van der Waals surface area contributed by atoms with Crippen LogP contribution in [-0.4, -0.2) is 59.3 Å². The minimum atomic E-state index is 0.224. The summed E-state index contributed by atoms with van der Waals surface area (Å²) < 4.78 is 5.47. The van der Waals surface area contributed by atoms with Gasteiger partial charge in [-0.05, 0) is 60.5 Å². The quantitative estimate of drug-likeness (QED) is 0.624. The van der Waals surface area contributed by atoms with Crippen molar-refractivity contribution in [3.05, 3.63) is 64.8 Å². The van der Waals surface area contributed by atoms with Crippen molar-refractivity contribution in [2.45, 2.75) is 39.4 Å². The minimum Gasteiger partial charge on any atom is -0.496 e. The predicted molar refractivity (Wildman–Crippen MR) is 122 cm³/mol. The monoisotopic (exact) mass is 407 g/mol. The molecule has 1 aromatic heterocycles. The number of piperazine rings is 1. The van der Waals surface area contributed by atoms with Crippen LogP contribution in [-0.2, 0) is 13.1 Å². The molecule has 5 nitrogen and oxygen atoms in total. The van der Waals surface area contributed by atoms with Gasteiger partial charge in [-0.15, -0.1) is 0 Å². The molecule has 0 aliphatic carbocycles. The van der Waals surface area contributed by atoms with Gasteiger partial charge in [0.25, 0.3) is 0 Å². The van der Waals surface area contributed by atoms with Gasteiger partial charge >= 0.3 is 0 Å². The molecule has 0 spiro atoms. The number of fused-ring (bicyclic) bond motifs is 1. The lowest BCUT2D eigenvalue weighted by molar-refractivity contribution is 0.0494. The Morgan fingerprint density at radius 3 is 2.67 bits per heavy atom. The smallest absolute Gasteiger partial charge is 0.122 e. The molecule has 1 saturated heterocycles. The maximum Gasteiger partial charge on any atom is 0.122 e. The van der Waals surface area contributed by atoms with Gasteiger partial charge in [-0.2, -0.15) is 0 Å². The highest BCUT2D eigenvalue weighted by molar-refractivity contribution is 5.80. The van der Waals surface area contributed by atoms with Gasteiger partial charge in [-0.1, -0.05) is 24.3 Å². The number of rotatable bonds is 7. The topological polar surface area (TPSA) is 51.7 Å². The van der Waals surface area contributed by atoms with Gasteiger partial charge in [0.1, 0.15) is 5.75 Å². The predicted octanol–water partition coefficient (Wildman–Crippen LogP) is 3.86. The molecule has 0 unspecified atom stereocenters. The second-order valence-electron chi connectivity index (χ2n) is 8.43. The molecule has 1 fully saturated rings. The summed E-state index contributed by atoms with van der Waals surface area (Å²) in [6.07, 6.45) is 0.803. The largest absolute Gasteiger partial charge is 0.496 e. The van der Waals surface area contributed by atoms with Crippen molar-refractivity contribution in [1.82, 2.24) is 14.8 Å². The summed E-state index contributed by atoms with van der Waals surface area (Å²) in [5.41, 5.74) is 6.32. The van der Waals surface area contributed by atoms with Crippen molar-refractivity contribution >= 4 is 10.9 Å². The zero-order valence-electron chi connectivity index (χ0n) is 18.3. The Hall–Kier alpha value is -2.34. The third kappa shape index (κ3) is 4.38. The van der Waals surface area contributed by atoms with E-state index in [1.807, 2.05) is 0 Å². The Bertz CT molecular complexity index is 964. The molecule has 2 N–H and O–H groups in total. The van der Waals surface area contributed by atoms with Crippen LogP contribution < -0.4 is 4.74 Å². The highest BCUT2D eigenvalue weighted by Gasteiger charge is 2.27. The van der Waals surface area contributed by atoms with Crippen LogP contribution in [0.3, 0.4) is 0 Å². The van der Waals surface area contributed by atoms with Crippen LogP contribution in [0.4, 0.5) is 0 Å². The number of benzene rings is 2. The maximum atomic E-state index is 9.67. The number of hydrogen-bond donors (Lipinski definition) is 2. The molecule has 4 rings (SSSR count). The van der Waals surface area contributed by atoms with Gasteiger partial charge in [0.15, 0.2) is 0 Å². The third-order valence-electron chi connectivity index (χ3n) is 6.57. The number of aliphatic hydroxyl groups excluding tert-OH is 1. The molecule has 3 aromatic rings. The number of nitrogens with zero attached hydrogens (tertiary/aromatic N) is 2. The van der Waals surface area contributed by atoms with Gasteiger partial charge in [-0.25, -0.2) is 0 Å². The first-order chi connectivity index (χ1) is 14.6. The van der Waals surface area contributed by atoms with Crippen LogP contribution in [0.5, 0.6) is 5.75 Å². The van der Waals surface area contributed by atoms with Crippen molar-refractivity contribution in [2.24, 2.45) is 0 Å². The number of aliphatic hydroxyl groups is 1. The van der Waals surface area contributed by atoms with Crippen LogP contribution in [0.1, 0.15) is 28.8 Å². The summed E-state index contributed by atoms with van der Waals surface area (Å²) in [5, 5.41) is 10.9. The van der Waals surface area contributed by atoms with E-state index in [2.05, 4.69) is 71.1 Å². The zero-order valence-corrected chi connectivity index (χ0v) is 18.3. The molecule has 2 heterocycles. The Morgan fingerprint density at radius 2 is 1.90 bits per heavy atom. The average Bonchev–Trinajstić information content (AvgIpc) is 3.16. The molecule has 0 saturated carbocycles. The van der Waals surface area contributed by atoms with E-state index in [0.29, 0.717) is 6.04 Å². The van der Waals surface area contributed by atoms with Crippen molar-refractivity contribution in [3.8, 4) is 5.75 Å². The van der Waals surface area contributed by atoms with Crippen molar-refractivity contribution in [1.29, 1.82) is 0 Å². The Kier molecular flexibility index (Phi) is 6.42. The summed E-state index contributed by atoms with van der Waals surface area (Å²) in [5.74, 6) is 0.950. The van der Waals surface area contributed by atoms with E-state index in [0.717, 1.165) is 44.9 Å². The van der Waals surface area contributed by atoms with E-state index < -0.39 is 0 Å². The molecule has 1 atom stereocenters. The van der Waals surface area contributed by atoms with Crippen molar-refractivity contribution in [3.63, 3.8) is 0 Å². The first kappa shape index (κ1) is 20.9. The summed E-state index contributed by atoms with van der Waals surface area (Å²) in [7, 11) is 1.73. The zero-order chi connectivity index (χ0) is 21.1. The summed E-state index contributed by atoms with van der Waals surface area (Å²) >= 11 is 0. The summed E-state index contributed by atoms with van der Waals surface area (Å²) in [4.78, 5) is 8.59. The Balaban J connectivity index is 1.44. The molecule has 5 heteroatoms. The molecular formula is C25H33N3O2. The second kappa shape index (κ2) is 9.21. The Morgan fingerprint density at radius 1 is 1.07 bits per heavy atom. The van der Waals surface area contributed by atoms with E-state index in [-0.39, 0.29) is 6.61 Å². The number of methoxy groups -OCH3 is 1. The van der Waals surface area contributed by atoms with Crippen molar-refractivity contribution in [2.75, 3.05) is 33.4 Å². The Labute approximate surface area is 179 Å². The first-order valence-corrected chi connectivity index (χ1v) is 10.9. The van der Waals surface area contributed by atoms with E-state index in [1.54, 1.807) is 7.11 Å². The minimum absolute atomic E-state index is 0.224. The molecule has 160 valence electrons. The van der Waals surface area contributed by atoms with Gasteiger partial charge in [0.2, 0.25) is 0 Å². The molecule has 0 radical (unpaired) electrons. The number of hydrogen-bond acceptors (Lipinski definition) is 4. The van der Waals surface area contributed by atoms with Gasteiger partial charge < -0.3 is 14.8 Å². The number of para-hydroxylation sites is 1. The van der Waals surface area contributed by atoms with E-state index in [9.17, 15) is 5.11 Å². The maximum absolute atomic E-state index is 9.67. The highest BCUT2D eigenvalue weighted by atomic mass is 16.5. The number of H-pyrrole nitrogens is 1. The average molecular weight is 408 g/mol. The van der Waals surface area contributed by atoms with Crippen LogP contribution in [0.15, 0.2) is 42.5 Å². The fourth-order valence-corrected chi connectivity index (χ4v) is 4.65. The van der Waals surface area contributed by atoms with Crippen LogP contribution in [0.25, 0.3) is 10.9 Å². The molecule has 0 amide bonds. The molecular weight excluding hydrogens is 374 g/mol. The van der Waals surface area contributed by atoms with Crippen LogP contribution in [0, 0.1) is 13.8 Å². The standard InChI is InChI=1S/C25H33N3O2/c1-18-19(2)25(30-3)9-8-21(18)15-28-12-11-27(17-23(28)10-13-29)16-22-14-20-6-4-5-7-24(20)26-22/h4-9,14,23,26,29H,10-13,15-17H2,1-3H3/t23-/m0/s1. The lowest BCUT2D eigenvalue weighted by Crippen LogP contribution is -2.52. The van der Waals surface area contributed by atoms with Crippen LogP contribution >= 0.6 is 0 Å². The lowest BCUT2D eigenvalue weighted by Gasteiger charge is -2.41. The van der Waals surface area contributed by atoms with E-state index in [1.165, 1.54) is 33.3 Å². The number of ether oxygens (including phenoxy) is 1. The molecule has 0 bridgehead atoms. The fourth-order valence-electron chi connectivity index (χ4n) is 4.65. The SMILES string of the molecule is COc1ccc(CN2CCN(Cc3cc4ccccc4[nH]3)C[C@@H]2CCO)c(C)c1C. The van der Waals surface area contributed by atoms with Crippen LogP contribution in [0.2, 0.25) is 0 Å². The normalized spacial score (nSPS) is 18.2. The molecule has 2 aromatic carbocycles. The van der Waals surface area contributed by atoms with Gasteiger partial charge in [0.05, 0.1) is 7.11 Å². The molecule has 1 aliphatic heterocycles. The molecule has 1 aliphatic rings. The van der Waals surface area contributed by atoms with E-state index in [4.69, 9.17) is 4.74 Å². The first-order valence-electron chi connectivity index (χ1n) is 10.9. The van der Waals surface area contributed by atoms with E-state index >= 15 is 0 Å². The summed E-state index contributed by atoms with van der Waals surface area (Å²) in [6, 6.07) is 15.3. The number of aromatic amines is 1. The van der Waals surface area contributed by atoms with Gasteiger partial charge in [-0.3, -0.25) is 9.80 Å². The third-order valence-corrected chi connectivity index (χ3v) is 6.57. The molecule has 30 heavy (non-hydrogen) atoms. The second-order valence-corrected chi connectivity index (χ2v) is 8.43. The number of nitrogens with one attached hydrogen (secondary N) is 1. The van der Waals surface area contributed by atoms with Crippen molar-refractivity contribution < 1.29 is 9.84 Å². The highest BCUT2D eigenvalue weighted by Crippen LogP contribution is 2.27. The lowest BCUT2D eigenvalue weighted by atomic mass is 10.00.